The average molecular weight is 238 g/mol. The van der Waals surface area contributed by atoms with Crippen molar-refractivity contribution >= 4 is 29.3 Å². The molecule has 0 aliphatic rings. The summed E-state index contributed by atoms with van der Waals surface area (Å²) in [5.41, 5.74) is 0. The van der Waals surface area contributed by atoms with Crippen LogP contribution in [0.3, 0.4) is 0 Å². The van der Waals surface area contributed by atoms with E-state index in [9.17, 15) is 4.79 Å². The lowest BCUT2D eigenvalue weighted by Crippen LogP contribution is -2.37. The first kappa shape index (κ1) is 14.1. The second-order valence-corrected chi connectivity index (χ2v) is 5.15. The summed E-state index contributed by atoms with van der Waals surface area (Å²) in [7, 11) is 0. The van der Waals surface area contributed by atoms with E-state index in [-0.39, 0.29) is 17.9 Å². The fourth-order valence-corrected chi connectivity index (χ4v) is 1.88. The van der Waals surface area contributed by atoms with Gasteiger partial charge in [-0.2, -0.15) is 11.8 Å². The fraction of sp³-hybridized carbons (Fsp3) is 0.900. The second kappa shape index (κ2) is 8.42. The predicted octanol–water partition coefficient (Wildman–Crippen LogP) is 2.51. The van der Waals surface area contributed by atoms with Gasteiger partial charge in [0.05, 0.1) is 0 Å². The zero-order valence-corrected chi connectivity index (χ0v) is 10.8. The van der Waals surface area contributed by atoms with Crippen molar-refractivity contribution in [3.05, 3.63) is 0 Å². The third kappa shape index (κ3) is 6.55. The largest absolute Gasteiger partial charge is 0.353 e. The Kier molecular flexibility index (Phi) is 8.49. The summed E-state index contributed by atoms with van der Waals surface area (Å²) < 4.78 is 0. The molecule has 4 heteroatoms. The van der Waals surface area contributed by atoms with Crippen molar-refractivity contribution in [3.8, 4) is 0 Å². The van der Waals surface area contributed by atoms with Crippen LogP contribution in [0.15, 0.2) is 0 Å². The lowest BCUT2D eigenvalue weighted by molar-refractivity contribution is -0.124. The topological polar surface area (TPSA) is 29.1 Å². The van der Waals surface area contributed by atoms with E-state index in [1.165, 1.54) is 0 Å². The molecule has 0 rings (SSSR count). The standard InChI is InChI=1S/C10H20ClNOS/c1-4-14-6-5-9(3)12-10(13)8(2)7-11/h8-9H,4-7H2,1-3H3,(H,12,13). The smallest absolute Gasteiger partial charge is 0.224 e. The maximum atomic E-state index is 11.4. The highest BCUT2D eigenvalue weighted by Crippen LogP contribution is 2.05. The molecule has 14 heavy (non-hydrogen) atoms. The van der Waals surface area contributed by atoms with Gasteiger partial charge in [-0.25, -0.2) is 0 Å². The van der Waals surface area contributed by atoms with Crippen molar-refractivity contribution in [2.75, 3.05) is 17.4 Å². The fourth-order valence-electron chi connectivity index (χ4n) is 0.932. The van der Waals surface area contributed by atoms with Gasteiger partial charge in [0.2, 0.25) is 5.91 Å². The molecule has 0 heterocycles. The number of amides is 1. The Balaban J connectivity index is 3.60. The van der Waals surface area contributed by atoms with Gasteiger partial charge in [0.25, 0.3) is 0 Å². The SMILES string of the molecule is CCSCCC(C)NC(=O)C(C)CCl. The highest BCUT2D eigenvalue weighted by Gasteiger charge is 2.13. The van der Waals surface area contributed by atoms with Crippen LogP contribution in [0.5, 0.6) is 0 Å². The van der Waals surface area contributed by atoms with Crippen LogP contribution >= 0.6 is 23.4 Å². The molecule has 0 fully saturated rings. The molecule has 2 atom stereocenters. The number of hydrogen-bond acceptors (Lipinski definition) is 2. The first-order chi connectivity index (χ1) is 6.61. The molecule has 0 aromatic heterocycles. The van der Waals surface area contributed by atoms with Gasteiger partial charge in [-0.15, -0.1) is 11.6 Å². The van der Waals surface area contributed by atoms with E-state index >= 15 is 0 Å². The monoisotopic (exact) mass is 237 g/mol. The van der Waals surface area contributed by atoms with Crippen LogP contribution in [-0.4, -0.2) is 29.3 Å². The quantitative estimate of drug-likeness (QED) is 0.545. The molecule has 1 N–H and O–H groups in total. The Bertz CT molecular complexity index is 166. The molecule has 0 aliphatic heterocycles. The first-order valence-electron chi connectivity index (χ1n) is 5.05. The maximum absolute atomic E-state index is 11.4. The molecular weight excluding hydrogens is 218 g/mol. The molecule has 0 spiro atoms. The molecule has 0 aromatic carbocycles. The first-order valence-corrected chi connectivity index (χ1v) is 6.74. The van der Waals surface area contributed by atoms with Crippen molar-refractivity contribution in [2.24, 2.45) is 5.92 Å². The van der Waals surface area contributed by atoms with Gasteiger partial charge in [0.15, 0.2) is 0 Å². The van der Waals surface area contributed by atoms with Gasteiger partial charge in [0.1, 0.15) is 0 Å². The second-order valence-electron chi connectivity index (χ2n) is 3.45. The Labute approximate surface area is 96.2 Å². The minimum absolute atomic E-state index is 0.0639. The van der Waals surface area contributed by atoms with Crippen molar-refractivity contribution in [1.82, 2.24) is 5.32 Å². The van der Waals surface area contributed by atoms with E-state index in [0.29, 0.717) is 5.88 Å². The van der Waals surface area contributed by atoms with Crippen molar-refractivity contribution < 1.29 is 4.79 Å². The van der Waals surface area contributed by atoms with Crippen LogP contribution < -0.4 is 5.32 Å². The van der Waals surface area contributed by atoms with Gasteiger partial charge in [-0.3, -0.25) is 4.79 Å². The lowest BCUT2D eigenvalue weighted by atomic mass is 10.2. The predicted molar refractivity (Wildman–Crippen MR) is 65.1 cm³/mol. The average Bonchev–Trinajstić information content (AvgIpc) is 2.16. The highest BCUT2D eigenvalue weighted by molar-refractivity contribution is 7.99. The molecule has 84 valence electrons. The molecule has 1 amide bonds. The van der Waals surface area contributed by atoms with E-state index in [1.54, 1.807) is 0 Å². The number of carbonyl (C=O) groups excluding carboxylic acids is 1. The number of nitrogens with one attached hydrogen (secondary N) is 1. The molecule has 2 nitrogen and oxygen atoms in total. The Hall–Kier alpha value is 0.110. The summed E-state index contributed by atoms with van der Waals surface area (Å²) in [5, 5.41) is 2.95. The molecule has 0 radical (unpaired) electrons. The molecule has 0 aromatic rings. The third-order valence-electron chi connectivity index (χ3n) is 1.97. The number of halogens is 1. The van der Waals surface area contributed by atoms with Crippen molar-refractivity contribution in [2.45, 2.75) is 33.2 Å². The number of rotatable bonds is 7. The highest BCUT2D eigenvalue weighted by atomic mass is 35.5. The van der Waals surface area contributed by atoms with Crippen LogP contribution in [0.2, 0.25) is 0 Å². The van der Waals surface area contributed by atoms with Crippen molar-refractivity contribution in [1.29, 1.82) is 0 Å². The van der Waals surface area contributed by atoms with E-state index in [1.807, 2.05) is 25.6 Å². The van der Waals surface area contributed by atoms with Crippen LogP contribution in [0.4, 0.5) is 0 Å². The molecular formula is C10H20ClNOS. The summed E-state index contributed by atoms with van der Waals surface area (Å²) >= 11 is 7.49. The molecule has 0 aliphatic carbocycles. The summed E-state index contributed by atoms with van der Waals surface area (Å²) in [6, 6.07) is 0.257. The number of alkyl halides is 1. The summed E-state index contributed by atoms with van der Waals surface area (Å²) in [5.74, 6) is 2.61. The van der Waals surface area contributed by atoms with E-state index in [2.05, 4.69) is 12.2 Å². The van der Waals surface area contributed by atoms with Gasteiger partial charge in [0, 0.05) is 17.8 Å². The van der Waals surface area contributed by atoms with Crippen molar-refractivity contribution in [3.63, 3.8) is 0 Å². The van der Waals surface area contributed by atoms with Gasteiger partial charge in [-0.05, 0) is 24.9 Å². The zero-order chi connectivity index (χ0) is 11.0. The summed E-state index contributed by atoms with van der Waals surface area (Å²) in [4.78, 5) is 11.4. The van der Waals surface area contributed by atoms with Crippen LogP contribution in [0, 0.1) is 5.92 Å². The minimum Gasteiger partial charge on any atom is -0.353 e. The van der Waals surface area contributed by atoms with E-state index in [4.69, 9.17) is 11.6 Å². The van der Waals surface area contributed by atoms with Crippen LogP contribution in [-0.2, 0) is 4.79 Å². The Morgan fingerprint density at radius 1 is 1.50 bits per heavy atom. The summed E-state index contributed by atoms with van der Waals surface area (Å²) in [6.07, 6.45) is 1.03. The Morgan fingerprint density at radius 3 is 2.64 bits per heavy atom. The van der Waals surface area contributed by atoms with Crippen LogP contribution in [0.1, 0.15) is 27.2 Å². The molecule has 0 bridgehead atoms. The van der Waals surface area contributed by atoms with Crippen LogP contribution in [0.25, 0.3) is 0 Å². The molecule has 0 saturated carbocycles. The van der Waals surface area contributed by atoms with Gasteiger partial charge >= 0.3 is 0 Å². The van der Waals surface area contributed by atoms with E-state index < -0.39 is 0 Å². The minimum atomic E-state index is -0.0852. The normalized spacial score (nSPS) is 14.9. The van der Waals surface area contributed by atoms with Gasteiger partial charge in [-0.1, -0.05) is 13.8 Å². The third-order valence-corrected chi connectivity index (χ3v) is 3.36. The number of thioether (sulfide) groups is 1. The summed E-state index contributed by atoms with van der Waals surface area (Å²) in [6.45, 7) is 6.02. The Morgan fingerprint density at radius 2 is 2.14 bits per heavy atom. The number of carbonyl (C=O) groups is 1. The molecule has 2 unspecified atom stereocenters. The maximum Gasteiger partial charge on any atom is 0.224 e. The van der Waals surface area contributed by atoms with E-state index in [0.717, 1.165) is 17.9 Å². The molecule has 0 saturated heterocycles. The number of hydrogen-bond donors (Lipinski definition) is 1. The lowest BCUT2D eigenvalue weighted by Gasteiger charge is -2.15. The zero-order valence-electron chi connectivity index (χ0n) is 9.18. The van der Waals surface area contributed by atoms with Gasteiger partial charge < -0.3 is 5.32 Å².